The van der Waals surface area contributed by atoms with Crippen molar-refractivity contribution in [3.8, 4) is 0 Å². The van der Waals surface area contributed by atoms with Crippen LogP contribution in [0, 0.1) is 5.92 Å². The molecule has 0 unspecified atom stereocenters. The van der Waals surface area contributed by atoms with Gasteiger partial charge < -0.3 is 10.4 Å². The van der Waals surface area contributed by atoms with Crippen LogP contribution in [0.3, 0.4) is 0 Å². The number of hydrogen-bond acceptors (Lipinski definition) is 3. The molecule has 82 valence electrons. The molecule has 1 aliphatic carbocycles. The average molecular weight is 211 g/mol. The number of amides is 1. The summed E-state index contributed by atoms with van der Waals surface area (Å²) >= 11 is 0. The first kappa shape index (κ1) is 10.1. The van der Waals surface area contributed by atoms with Crippen molar-refractivity contribution in [1.29, 1.82) is 0 Å². The summed E-state index contributed by atoms with van der Waals surface area (Å²) in [5.41, 5.74) is -0.852. The standard InChI is InChI=1S/C10H13NO4/c12-7-5-8(13)11-10(7,6-1-2-6)4-3-9(14)15/h6H,1-5H2,(H,11,13)(H,14,15)/t10-/m0/s1. The van der Waals surface area contributed by atoms with Gasteiger partial charge in [0.15, 0.2) is 5.78 Å². The smallest absolute Gasteiger partial charge is 0.303 e. The number of carbonyl (C=O) groups is 3. The Labute approximate surface area is 86.8 Å². The number of nitrogens with one attached hydrogen (secondary N) is 1. The molecule has 0 bridgehead atoms. The normalized spacial score (nSPS) is 30.4. The third kappa shape index (κ3) is 1.73. The predicted molar refractivity (Wildman–Crippen MR) is 50.1 cm³/mol. The van der Waals surface area contributed by atoms with Crippen LogP contribution >= 0.6 is 0 Å². The van der Waals surface area contributed by atoms with Crippen LogP contribution in [-0.2, 0) is 14.4 Å². The van der Waals surface area contributed by atoms with Gasteiger partial charge in [-0.15, -0.1) is 0 Å². The fraction of sp³-hybridized carbons (Fsp3) is 0.700. The van der Waals surface area contributed by atoms with Gasteiger partial charge in [0.05, 0.1) is 6.42 Å². The van der Waals surface area contributed by atoms with E-state index in [-0.39, 0.29) is 36.9 Å². The highest BCUT2D eigenvalue weighted by molar-refractivity contribution is 6.10. The molecule has 1 saturated heterocycles. The molecular formula is C10H13NO4. The van der Waals surface area contributed by atoms with Crippen LogP contribution in [0.2, 0.25) is 0 Å². The van der Waals surface area contributed by atoms with Gasteiger partial charge in [0.1, 0.15) is 5.54 Å². The number of ketones is 1. The van der Waals surface area contributed by atoms with Crippen LogP contribution in [0.4, 0.5) is 0 Å². The minimum Gasteiger partial charge on any atom is -0.481 e. The minimum absolute atomic E-state index is 0.0669. The Morgan fingerprint density at radius 2 is 2.13 bits per heavy atom. The van der Waals surface area contributed by atoms with E-state index < -0.39 is 11.5 Å². The zero-order valence-electron chi connectivity index (χ0n) is 8.28. The van der Waals surface area contributed by atoms with Crippen molar-refractivity contribution < 1.29 is 19.5 Å². The fourth-order valence-corrected chi connectivity index (χ4v) is 2.28. The number of aliphatic carboxylic acids is 1. The first-order chi connectivity index (χ1) is 7.04. The maximum Gasteiger partial charge on any atom is 0.303 e. The number of carboxylic acids is 1. The van der Waals surface area contributed by atoms with Crippen LogP contribution in [0.5, 0.6) is 0 Å². The largest absolute Gasteiger partial charge is 0.481 e. The maximum atomic E-state index is 11.7. The van der Waals surface area contributed by atoms with Crippen molar-refractivity contribution in [2.45, 2.75) is 37.6 Å². The van der Waals surface area contributed by atoms with E-state index in [1.807, 2.05) is 0 Å². The summed E-state index contributed by atoms with van der Waals surface area (Å²) in [6.45, 7) is 0. The minimum atomic E-state index is -0.927. The SMILES string of the molecule is O=C(O)CC[C@@]1(C2CC2)NC(=O)CC1=O. The van der Waals surface area contributed by atoms with E-state index in [0.29, 0.717) is 0 Å². The van der Waals surface area contributed by atoms with Gasteiger partial charge >= 0.3 is 5.97 Å². The molecule has 2 fully saturated rings. The van der Waals surface area contributed by atoms with Gasteiger partial charge in [0, 0.05) is 6.42 Å². The Balaban J connectivity index is 2.13. The highest BCUT2D eigenvalue weighted by atomic mass is 16.4. The first-order valence-corrected chi connectivity index (χ1v) is 5.11. The molecule has 1 aliphatic heterocycles. The summed E-state index contributed by atoms with van der Waals surface area (Å²) in [4.78, 5) is 33.4. The van der Waals surface area contributed by atoms with Crippen LogP contribution < -0.4 is 5.32 Å². The van der Waals surface area contributed by atoms with Crippen molar-refractivity contribution in [3.05, 3.63) is 0 Å². The van der Waals surface area contributed by atoms with Crippen LogP contribution in [0.25, 0.3) is 0 Å². The highest BCUT2D eigenvalue weighted by Gasteiger charge is 2.54. The Hall–Kier alpha value is -1.39. The van der Waals surface area contributed by atoms with Crippen molar-refractivity contribution >= 4 is 17.7 Å². The summed E-state index contributed by atoms with van der Waals surface area (Å²) in [6.07, 6.45) is 1.90. The van der Waals surface area contributed by atoms with Crippen LogP contribution in [0.15, 0.2) is 0 Å². The second-order valence-electron chi connectivity index (χ2n) is 4.29. The molecule has 2 rings (SSSR count). The molecule has 1 atom stereocenters. The zero-order chi connectivity index (χ0) is 11.1. The molecule has 0 aromatic carbocycles. The molecule has 5 nitrogen and oxygen atoms in total. The lowest BCUT2D eigenvalue weighted by molar-refractivity contribution is -0.138. The molecule has 0 aromatic rings. The third-order valence-corrected chi connectivity index (χ3v) is 3.19. The number of hydrogen-bond donors (Lipinski definition) is 2. The van der Waals surface area contributed by atoms with Crippen molar-refractivity contribution in [3.63, 3.8) is 0 Å². The number of carboxylic acid groups (broad SMARTS) is 1. The van der Waals surface area contributed by atoms with Gasteiger partial charge in [-0.2, -0.15) is 0 Å². The molecular weight excluding hydrogens is 198 g/mol. The molecule has 15 heavy (non-hydrogen) atoms. The van der Waals surface area contributed by atoms with E-state index in [4.69, 9.17) is 5.11 Å². The first-order valence-electron chi connectivity index (χ1n) is 5.11. The van der Waals surface area contributed by atoms with Crippen molar-refractivity contribution in [2.75, 3.05) is 0 Å². The second kappa shape index (κ2) is 3.32. The average Bonchev–Trinajstić information content (AvgIpc) is 2.91. The van der Waals surface area contributed by atoms with Gasteiger partial charge in [-0.05, 0) is 25.2 Å². The summed E-state index contributed by atoms with van der Waals surface area (Å²) in [5.74, 6) is -1.16. The van der Waals surface area contributed by atoms with Gasteiger partial charge in [-0.3, -0.25) is 14.4 Å². The fourth-order valence-electron chi connectivity index (χ4n) is 2.28. The van der Waals surface area contributed by atoms with E-state index in [1.165, 1.54) is 0 Å². The molecule has 0 aromatic heterocycles. The Morgan fingerprint density at radius 1 is 1.47 bits per heavy atom. The van der Waals surface area contributed by atoms with Gasteiger partial charge in [0.2, 0.25) is 5.91 Å². The highest BCUT2D eigenvalue weighted by Crippen LogP contribution is 2.45. The molecule has 1 amide bonds. The molecule has 2 aliphatic rings. The van der Waals surface area contributed by atoms with Crippen LogP contribution in [0.1, 0.15) is 32.1 Å². The van der Waals surface area contributed by atoms with Crippen molar-refractivity contribution in [1.82, 2.24) is 5.32 Å². The van der Waals surface area contributed by atoms with Gasteiger partial charge in [-0.1, -0.05) is 0 Å². The lowest BCUT2D eigenvalue weighted by Gasteiger charge is -2.26. The maximum absolute atomic E-state index is 11.7. The molecule has 2 N–H and O–H groups in total. The topological polar surface area (TPSA) is 83.5 Å². The number of Topliss-reactive ketones (excluding diaryl/α,β-unsaturated/α-hetero) is 1. The Bertz CT molecular complexity index is 334. The Morgan fingerprint density at radius 3 is 2.53 bits per heavy atom. The third-order valence-electron chi connectivity index (χ3n) is 3.19. The molecule has 0 radical (unpaired) electrons. The van der Waals surface area contributed by atoms with Gasteiger partial charge in [0.25, 0.3) is 0 Å². The second-order valence-corrected chi connectivity index (χ2v) is 4.29. The Kier molecular flexibility index (Phi) is 2.25. The van der Waals surface area contributed by atoms with Crippen molar-refractivity contribution in [2.24, 2.45) is 5.92 Å². The van der Waals surface area contributed by atoms with Crippen LogP contribution in [-0.4, -0.2) is 28.3 Å². The van der Waals surface area contributed by atoms with E-state index >= 15 is 0 Å². The van der Waals surface area contributed by atoms with E-state index in [2.05, 4.69) is 5.32 Å². The molecule has 1 saturated carbocycles. The zero-order valence-corrected chi connectivity index (χ0v) is 8.28. The van der Waals surface area contributed by atoms with E-state index in [9.17, 15) is 14.4 Å². The van der Waals surface area contributed by atoms with E-state index in [0.717, 1.165) is 12.8 Å². The monoisotopic (exact) mass is 211 g/mol. The molecule has 5 heteroatoms. The summed E-state index contributed by atoms with van der Waals surface area (Å²) in [7, 11) is 0. The van der Waals surface area contributed by atoms with E-state index in [1.54, 1.807) is 0 Å². The summed E-state index contributed by atoms with van der Waals surface area (Å²) < 4.78 is 0. The number of rotatable bonds is 4. The molecule has 1 heterocycles. The molecule has 0 spiro atoms. The number of carbonyl (C=O) groups excluding carboxylic acids is 2. The lowest BCUT2D eigenvalue weighted by Crippen LogP contribution is -2.48. The summed E-state index contributed by atoms with van der Waals surface area (Å²) in [5, 5.41) is 11.3. The summed E-state index contributed by atoms with van der Waals surface area (Å²) in [6, 6.07) is 0. The lowest BCUT2D eigenvalue weighted by atomic mass is 9.85. The predicted octanol–water partition coefficient (Wildman–Crippen LogP) is 0.0890. The van der Waals surface area contributed by atoms with Gasteiger partial charge in [-0.25, -0.2) is 0 Å². The quantitative estimate of drug-likeness (QED) is 0.645.